The molecule has 0 unspecified atom stereocenters. The Morgan fingerprint density at radius 3 is 2.83 bits per heavy atom. The minimum Gasteiger partial charge on any atom is -0.488 e. The van der Waals surface area contributed by atoms with Gasteiger partial charge in [0.1, 0.15) is 17.7 Å². The molecular formula is C9H9FNO. The molecule has 1 radical (unpaired) electrons. The molecule has 0 bridgehead atoms. The van der Waals surface area contributed by atoms with Gasteiger partial charge in [-0.1, -0.05) is 6.07 Å². The van der Waals surface area contributed by atoms with Crippen LogP contribution in [0, 0.1) is 5.82 Å². The monoisotopic (exact) mass is 166 g/mol. The Morgan fingerprint density at radius 1 is 1.42 bits per heavy atom. The predicted octanol–water partition coefficient (Wildman–Crippen LogP) is 1.19. The summed E-state index contributed by atoms with van der Waals surface area (Å²) in [7, 11) is 0. The van der Waals surface area contributed by atoms with Crippen LogP contribution in [-0.4, -0.2) is 19.2 Å². The molecule has 1 fully saturated rings. The Bertz CT molecular complexity index is 273. The minimum absolute atomic E-state index is 0.159. The van der Waals surface area contributed by atoms with Gasteiger partial charge < -0.3 is 4.74 Å². The van der Waals surface area contributed by atoms with Crippen LogP contribution in [0.5, 0.6) is 5.75 Å². The summed E-state index contributed by atoms with van der Waals surface area (Å²) in [6.45, 7) is 1.47. The summed E-state index contributed by atoms with van der Waals surface area (Å²) in [5, 5.41) is 4.00. The van der Waals surface area contributed by atoms with Crippen molar-refractivity contribution in [3.05, 3.63) is 30.1 Å². The molecule has 0 N–H and O–H groups in total. The lowest BCUT2D eigenvalue weighted by molar-refractivity contribution is 0.138. The number of halogens is 1. The Morgan fingerprint density at radius 2 is 2.25 bits per heavy atom. The molecular weight excluding hydrogens is 157 g/mol. The molecule has 0 aliphatic carbocycles. The average Bonchev–Trinajstić information content (AvgIpc) is 1.97. The molecule has 2 nitrogen and oxygen atoms in total. The summed E-state index contributed by atoms with van der Waals surface area (Å²) in [5.41, 5.74) is 0. The van der Waals surface area contributed by atoms with E-state index in [1.54, 1.807) is 12.1 Å². The van der Waals surface area contributed by atoms with Gasteiger partial charge >= 0.3 is 0 Å². The molecule has 1 aromatic rings. The lowest BCUT2D eigenvalue weighted by Gasteiger charge is -2.25. The van der Waals surface area contributed by atoms with Crippen molar-refractivity contribution >= 4 is 0 Å². The molecule has 12 heavy (non-hydrogen) atoms. The molecule has 0 aromatic heterocycles. The Hall–Kier alpha value is -1.09. The van der Waals surface area contributed by atoms with E-state index < -0.39 is 0 Å². The van der Waals surface area contributed by atoms with Gasteiger partial charge in [0.2, 0.25) is 0 Å². The topological polar surface area (TPSA) is 23.3 Å². The van der Waals surface area contributed by atoms with E-state index in [2.05, 4.69) is 5.32 Å². The van der Waals surface area contributed by atoms with Crippen LogP contribution in [0.15, 0.2) is 24.3 Å². The van der Waals surface area contributed by atoms with Crippen molar-refractivity contribution in [1.82, 2.24) is 5.32 Å². The Balaban J connectivity index is 2.02. The standard InChI is InChI=1S/C9H9FNO/c10-7-2-1-3-8(4-7)12-9-5-11-6-9/h1-4,9H,5-6H2. The first kappa shape index (κ1) is 7.55. The molecule has 0 spiro atoms. The fraction of sp³-hybridized carbons (Fsp3) is 0.333. The summed E-state index contributed by atoms with van der Waals surface area (Å²) in [4.78, 5) is 0. The van der Waals surface area contributed by atoms with Crippen LogP contribution in [-0.2, 0) is 0 Å². The van der Waals surface area contributed by atoms with Crippen molar-refractivity contribution < 1.29 is 9.13 Å². The van der Waals surface area contributed by atoms with Crippen LogP contribution in [0.4, 0.5) is 4.39 Å². The van der Waals surface area contributed by atoms with Crippen LogP contribution in [0.1, 0.15) is 0 Å². The number of benzene rings is 1. The maximum absolute atomic E-state index is 12.6. The molecule has 1 aliphatic rings. The second kappa shape index (κ2) is 3.11. The highest BCUT2D eigenvalue weighted by Crippen LogP contribution is 2.15. The molecule has 2 rings (SSSR count). The first-order chi connectivity index (χ1) is 5.84. The van der Waals surface area contributed by atoms with E-state index in [0.717, 1.165) is 13.1 Å². The number of nitrogens with zero attached hydrogens (tertiary/aromatic N) is 1. The summed E-state index contributed by atoms with van der Waals surface area (Å²) in [6.07, 6.45) is 0.159. The van der Waals surface area contributed by atoms with Crippen LogP contribution < -0.4 is 10.1 Å². The van der Waals surface area contributed by atoms with E-state index in [-0.39, 0.29) is 11.9 Å². The third kappa shape index (κ3) is 1.56. The Labute approximate surface area is 70.3 Å². The Kier molecular flexibility index (Phi) is 1.96. The third-order valence-corrected chi connectivity index (χ3v) is 1.76. The van der Waals surface area contributed by atoms with Crippen molar-refractivity contribution in [3.8, 4) is 5.75 Å². The molecule has 1 aromatic carbocycles. The lowest BCUT2D eigenvalue weighted by atomic mass is 10.2. The maximum Gasteiger partial charge on any atom is 0.127 e. The quantitative estimate of drug-likeness (QED) is 0.647. The lowest BCUT2D eigenvalue weighted by Crippen LogP contribution is -2.45. The van der Waals surface area contributed by atoms with E-state index in [1.807, 2.05) is 0 Å². The van der Waals surface area contributed by atoms with Gasteiger partial charge in [0.05, 0.1) is 13.1 Å². The van der Waals surface area contributed by atoms with Gasteiger partial charge in [0, 0.05) is 6.07 Å². The second-order valence-corrected chi connectivity index (χ2v) is 2.79. The number of ether oxygens (including phenoxy) is 1. The molecule has 0 saturated carbocycles. The zero-order valence-electron chi connectivity index (χ0n) is 6.53. The average molecular weight is 166 g/mol. The smallest absolute Gasteiger partial charge is 0.127 e. The molecule has 63 valence electrons. The van der Waals surface area contributed by atoms with Crippen molar-refractivity contribution in [2.75, 3.05) is 13.1 Å². The van der Waals surface area contributed by atoms with Crippen molar-refractivity contribution in [2.24, 2.45) is 0 Å². The van der Waals surface area contributed by atoms with E-state index >= 15 is 0 Å². The van der Waals surface area contributed by atoms with Crippen LogP contribution in [0.25, 0.3) is 0 Å². The largest absolute Gasteiger partial charge is 0.488 e. The third-order valence-electron chi connectivity index (χ3n) is 1.76. The predicted molar refractivity (Wildman–Crippen MR) is 42.7 cm³/mol. The van der Waals surface area contributed by atoms with Gasteiger partial charge in [0.25, 0.3) is 0 Å². The van der Waals surface area contributed by atoms with Crippen LogP contribution >= 0.6 is 0 Å². The van der Waals surface area contributed by atoms with Crippen LogP contribution in [0.3, 0.4) is 0 Å². The highest BCUT2D eigenvalue weighted by molar-refractivity contribution is 5.22. The van der Waals surface area contributed by atoms with E-state index in [1.165, 1.54) is 12.1 Å². The normalized spacial score (nSPS) is 17.1. The molecule has 1 saturated heterocycles. The van der Waals surface area contributed by atoms with Gasteiger partial charge in [-0.3, -0.25) is 0 Å². The second-order valence-electron chi connectivity index (χ2n) is 2.79. The van der Waals surface area contributed by atoms with Crippen molar-refractivity contribution in [2.45, 2.75) is 6.10 Å². The fourth-order valence-corrected chi connectivity index (χ4v) is 1.04. The van der Waals surface area contributed by atoms with Gasteiger partial charge in [0.15, 0.2) is 0 Å². The number of rotatable bonds is 2. The first-order valence-corrected chi connectivity index (χ1v) is 3.90. The molecule has 0 amide bonds. The zero-order chi connectivity index (χ0) is 8.39. The minimum atomic E-state index is -0.260. The van der Waals surface area contributed by atoms with E-state index in [4.69, 9.17) is 4.74 Å². The number of hydrogen-bond donors (Lipinski definition) is 0. The number of hydrogen-bond acceptors (Lipinski definition) is 1. The summed E-state index contributed by atoms with van der Waals surface area (Å²) >= 11 is 0. The molecule has 1 aliphatic heterocycles. The highest BCUT2D eigenvalue weighted by Gasteiger charge is 2.19. The maximum atomic E-state index is 12.6. The van der Waals surface area contributed by atoms with E-state index in [0.29, 0.717) is 5.75 Å². The van der Waals surface area contributed by atoms with Crippen LogP contribution in [0.2, 0.25) is 0 Å². The van der Waals surface area contributed by atoms with Gasteiger partial charge in [-0.2, -0.15) is 0 Å². The van der Waals surface area contributed by atoms with Gasteiger partial charge in [-0.15, -0.1) is 0 Å². The van der Waals surface area contributed by atoms with Crippen molar-refractivity contribution in [3.63, 3.8) is 0 Å². The first-order valence-electron chi connectivity index (χ1n) is 3.90. The zero-order valence-corrected chi connectivity index (χ0v) is 6.53. The highest BCUT2D eigenvalue weighted by atomic mass is 19.1. The van der Waals surface area contributed by atoms with Crippen molar-refractivity contribution in [1.29, 1.82) is 0 Å². The SMILES string of the molecule is Fc1cccc(OC2C[N]C2)c1. The summed E-state index contributed by atoms with van der Waals surface area (Å²) in [5.74, 6) is 0.332. The molecule has 3 heteroatoms. The fourth-order valence-electron chi connectivity index (χ4n) is 1.04. The summed E-state index contributed by atoms with van der Waals surface area (Å²) < 4.78 is 18.0. The van der Waals surface area contributed by atoms with E-state index in [9.17, 15) is 4.39 Å². The van der Waals surface area contributed by atoms with Gasteiger partial charge in [-0.25, -0.2) is 9.71 Å². The van der Waals surface area contributed by atoms with Gasteiger partial charge in [-0.05, 0) is 12.1 Å². The molecule has 1 heterocycles. The molecule has 0 atom stereocenters. The summed E-state index contributed by atoms with van der Waals surface area (Å²) in [6, 6.07) is 6.18.